The molecule has 0 aliphatic carbocycles. The van der Waals surface area contributed by atoms with Gasteiger partial charge < -0.3 is 5.11 Å². The topological polar surface area (TPSA) is 46.0 Å². The van der Waals surface area contributed by atoms with Crippen molar-refractivity contribution in [2.45, 2.75) is 32.3 Å². The molecule has 0 fully saturated rings. The molecule has 1 atom stereocenters. The summed E-state index contributed by atoms with van der Waals surface area (Å²) in [5.74, 6) is 0. The minimum absolute atomic E-state index is 0.505. The highest BCUT2D eigenvalue weighted by Gasteiger charge is 2.18. The zero-order valence-corrected chi connectivity index (χ0v) is 12.9. The number of rotatable bonds is 5. The number of thiophene rings is 1. The van der Waals surface area contributed by atoms with Crippen molar-refractivity contribution < 1.29 is 5.11 Å². The smallest absolute Gasteiger partial charge is 0.0957 e. The second kappa shape index (κ2) is 5.99. The molecule has 5 heteroatoms. The molecular weight excluding hydrogens is 288 g/mol. The molecular formula is C15H16N2OS2. The van der Waals surface area contributed by atoms with Crippen molar-refractivity contribution >= 4 is 33.0 Å². The Hall–Kier alpha value is -1.30. The molecule has 0 spiro atoms. The fourth-order valence-electron chi connectivity index (χ4n) is 2.37. The number of aromatic nitrogens is 2. The van der Waals surface area contributed by atoms with Gasteiger partial charge >= 0.3 is 0 Å². The molecule has 0 saturated heterocycles. The Kier molecular flexibility index (Phi) is 4.10. The second-order valence-electron chi connectivity index (χ2n) is 4.81. The minimum Gasteiger partial charge on any atom is -0.387 e. The fourth-order valence-corrected chi connectivity index (χ4v) is 4.03. The zero-order chi connectivity index (χ0) is 13.9. The van der Waals surface area contributed by atoms with Crippen LogP contribution >= 0.6 is 22.9 Å². The lowest BCUT2D eigenvalue weighted by Crippen LogP contribution is -2.02. The first-order valence-electron chi connectivity index (χ1n) is 6.74. The van der Waals surface area contributed by atoms with Gasteiger partial charge in [0.1, 0.15) is 0 Å². The normalized spacial score (nSPS) is 12.9. The molecule has 1 N–H and O–H groups in total. The first-order valence-corrected chi connectivity index (χ1v) is 8.39. The minimum atomic E-state index is -0.505. The Balaban J connectivity index is 1.85. The average Bonchev–Trinajstić information content (AvgIpc) is 3.07. The van der Waals surface area contributed by atoms with Crippen LogP contribution in [-0.2, 0) is 12.8 Å². The summed E-state index contributed by atoms with van der Waals surface area (Å²) in [6.07, 6.45) is 2.03. The number of aliphatic hydroxyl groups excluding tert-OH is 1. The van der Waals surface area contributed by atoms with Crippen molar-refractivity contribution in [1.82, 2.24) is 9.59 Å². The third-order valence-corrected chi connectivity index (χ3v) is 5.23. The molecule has 0 radical (unpaired) electrons. The average molecular weight is 304 g/mol. The third-order valence-electron chi connectivity index (χ3n) is 3.35. The van der Waals surface area contributed by atoms with Crippen LogP contribution in [0.1, 0.15) is 35.6 Å². The maximum atomic E-state index is 10.5. The van der Waals surface area contributed by atoms with E-state index in [0.29, 0.717) is 6.42 Å². The molecule has 3 aromatic rings. The first kappa shape index (κ1) is 13.7. The van der Waals surface area contributed by atoms with Gasteiger partial charge in [0.15, 0.2) is 0 Å². The number of nitrogens with zero attached hydrogens (tertiary/aromatic N) is 2. The Bertz CT molecular complexity index is 705. The molecule has 0 amide bonds. The fraction of sp³-hybridized carbons (Fsp3) is 0.333. The zero-order valence-electron chi connectivity index (χ0n) is 11.2. The van der Waals surface area contributed by atoms with E-state index < -0.39 is 6.10 Å². The third kappa shape index (κ3) is 2.61. The van der Waals surface area contributed by atoms with Crippen LogP contribution in [0.2, 0.25) is 0 Å². The SMILES string of the molecule is CCCc1nnsc1C(O)Cc1csc2ccccc12. The summed E-state index contributed by atoms with van der Waals surface area (Å²) in [6.45, 7) is 2.11. The monoisotopic (exact) mass is 304 g/mol. The summed E-state index contributed by atoms with van der Waals surface area (Å²) in [5.41, 5.74) is 2.15. The maximum Gasteiger partial charge on any atom is 0.0957 e. The highest BCUT2D eigenvalue weighted by molar-refractivity contribution is 7.17. The lowest BCUT2D eigenvalue weighted by molar-refractivity contribution is 0.181. The van der Waals surface area contributed by atoms with Gasteiger partial charge in [-0.05, 0) is 40.3 Å². The van der Waals surface area contributed by atoms with Crippen molar-refractivity contribution in [2.75, 3.05) is 0 Å². The highest BCUT2D eigenvalue weighted by atomic mass is 32.1. The molecule has 0 aliphatic heterocycles. The van der Waals surface area contributed by atoms with Gasteiger partial charge in [-0.3, -0.25) is 0 Å². The number of aryl methyl sites for hydroxylation is 1. The molecule has 0 bridgehead atoms. The number of benzene rings is 1. The lowest BCUT2D eigenvalue weighted by Gasteiger charge is -2.09. The molecule has 104 valence electrons. The van der Waals surface area contributed by atoms with E-state index in [4.69, 9.17) is 0 Å². The Labute approximate surface area is 126 Å². The number of fused-ring (bicyclic) bond motifs is 1. The summed E-state index contributed by atoms with van der Waals surface area (Å²) in [7, 11) is 0. The molecule has 3 rings (SSSR count). The van der Waals surface area contributed by atoms with Gasteiger partial charge in [0.2, 0.25) is 0 Å². The van der Waals surface area contributed by atoms with Gasteiger partial charge in [-0.2, -0.15) is 0 Å². The van der Waals surface area contributed by atoms with E-state index in [1.807, 2.05) is 12.1 Å². The standard InChI is InChI=1S/C15H16N2OS2/c1-2-5-12-15(20-17-16-12)13(18)8-10-9-19-14-7-4-3-6-11(10)14/h3-4,6-7,9,13,18H,2,5,8H2,1H3. The summed E-state index contributed by atoms with van der Waals surface area (Å²) in [4.78, 5) is 0.919. The molecule has 20 heavy (non-hydrogen) atoms. The van der Waals surface area contributed by atoms with Crippen molar-refractivity contribution in [2.24, 2.45) is 0 Å². The van der Waals surface area contributed by atoms with Gasteiger partial charge in [0.05, 0.1) is 16.7 Å². The van der Waals surface area contributed by atoms with Gasteiger partial charge in [0.25, 0.3) is 0 Å². The van der Waals surface area contributed by atoms with Crippen LogP contribution < -0.4 is 0 Å². The van der Waals surface area contributed by atoms with Crippen molar-refractivity contribution in [3.05, 3.63) is 45.8 Å². The Morgan fingerprint density at radius 2 is 2.15 bits per heavy atom. The van der Waals surface area contributed by atoms with Gasteiger partial charge in [-0.15, -0.1) is 16.4 Å². The second-order valence-corrected chi connectivity index (χ2v) is 6.51. The molecule has 0 saturated carbocycles. The molecule has 3 nitrogen and oxygen atoms in total. The van der Waals surface area contributed by atoms with Crippen LogP contribution in [-0.4, -0.2) is 14.7 Å². The van der Waals surface area contributed by atoms with Gasteiger partial charge in [-0.1, -0.05) is 36.0 Å². The van der Waals surface area contributed by atoms with E-state index in [-0.39, 0.29) is 0 Å². The van der Waals surface area contributed by atoms with Crippen LogP contribution in [0, 0.1) is 0 Å². The maximum absolute atomic E-state index is 10.5. The highest BCUT2D eigenvalue weighted by Crippen LogP contribution is 2.31. The number of aliphatic hydroxyl groups is 1. The van der Waals surface area contributed by atoms with Gasteiger partial charge in [-0.25, -0.2) is 0 Å². The molecule has 2 heterocycles. The van der Waals surface area contributed by atoms with E-state index in [2.05, 4.69) is 34.0 Å². The predicted octanol–water partition coefficient (Wildman–Crippen LogP) is 3.98. The molecule has 2 aromatic heterocycles. The summed E-state index contributed by atoms with van der Waals surface area (Å²) >= 11 is 3.05. The van der Waals surface area contributed by atoms with Crippen LogP contribution in [0.5, 0.6) is 0 Å². The van der Waals surface area contributed by atoms with E-state index in [9.17, 15) is 5.11 Å². The summed E-state index contributed by atoms with van der Waals surface area (Å²) < 4.78 is 5.26. The van der Waals surface area contributed by atoms with Crippen LogP contribution in [0.15, 0.2) is 29.6 Å². The van der Waals surface area contributed by atoms with Crippen LogP contribution in [0.3, 0.4) is 0 Å². The van der Waals surface area contributed by atoms with Crippen molar-refractivity contribution in [3.8, 4) is 0 Å². The van der Waals surface area contributed by atoms with E-state index in [1.165, 1.54) is 27.2 Å². The van der Waals surface area contributed by atoms with Crippen LogP contribution in [0.25, 0.3) is 10.1 Å². The van der Waals surface area contributed by atoms with Crippen LogP contribution in [0.4, 0.5) is 0 Å². The first-order chi connectivity index (χ1) is 9.79. The van der Waals surface area contributed by atoms with E-state index in [1.54, 1.807) is 11.3 Å². The molecule has 1 unspecified atom stereocenters. The summed E-state index contributed by atoms with van der Waals surface area (Å²) in [5, 5.41) is 18.0. The predicted molar refractivity (Wildman–Crippen MR) is 84.4 cm³/mol. The lowest BCUT2D eigenvalue weighted by atomic mass is 10.0. The van der Waals surface area contributed by atoms with E-state index >= 15 is 0 Å². The molecule has 1 aromatic carbocycles. The molecule has 0 aliphatic rings. The Morgan fingerprint density at radius 1 is 1.30 bits per heavy atom. The Morgan fingerprint density at radius 3 is 3.00 bits per heavy atom. The summed E-state index contributed by atoms with van der Waals surface area (Å²) in [6, 6.07) is 8.33. The largest absolute Gasteiger partial charge is 0.387 e. The number of hydrogen-bond donors (Lipinski definition) is 1. The number of hydrogen-bond acceptors (Lipinski definition) is 5. The quantitative estimate of drug-likeness (QED) is 0.775. The van der Waals surface area contributed by atoms with Gasteiger partial charge in [0, 0.05) is 11.1 Å². The van der Waals surface area contributed by atoms with Crippen molar-refractivity contribution in [3.63, 3.8) is 0 Å². The van der Waals surface area contributed by atoms with Crippen molar-refractivity contribution in [1.29, 1.82) is 0 Å². The van der Waals surface area contributed by atoms with E-state index in [0.717, 1.165) is 23.4 Å².